The molecule has 0 radical (unpaired) electrons. The highest BCUT2D eigenvalue weighted by Crippen LogP contribution is 2.38. The number of benzene rings is 2. The van der Waals surface area contributed by atoms with Crippen LogP contribution in [0.1, 0.15) is 28.4 Å². The van der Waals surface area contributed by atoms with Crippen LogP contribution in [0.4, 0.5) is 5.69 Å². The third-order valence-electron chi connectivity index (χ3n) is 4.91. The summed E-state index contributed by atoms with van der Waals surface area (Å²) in [5.74, 6) is 1.03. The van der Waals surface area contributed by atoms with E-state index in [-0.39, 0.29) is 5.91 Å². The number of methoxy groups -OCH3 is 1. The Kier molecular flexibility index (Phi) is 3.93. The van der Waals surface area contributed by atoms with E-state index in [1.807, 2.05) is 47.4 Å². The largest absolute Gasteiger partial charge is 0.496 e. The third-order valence-corrected chi connectivity index (χ3v) is 4.91. The minimum atomic E-state index is -0.0229. The number of nitrogens with zero attached hydrogens (tertiary/aromatic N) is 1. The van der Waals surface area contributed by atoms with Gasteiger partial charge in [0.1, 0.15) is 11.4 Å². The minimum Gasteiger partial charge on any atom is -0.496 e. The number of ether oxygens (including phenoxy) is 1. The number of nitrogens with one attached hydrogen (secondary N) is 1. The number of para-hydroxylation sites is 1. The number of hydrogen-bond donors (Lipinski definition) is 2. The van der Waals surface area contributed by atoms with Crippen LogP contribution < -0.4 is 15.4 Å². The van der Waals surface area contributed by atoms with Crippen LogP contribution in [-0.4, -0.2) is 31.1 Å². The zero-order valence-electron chi connectivity index (χ0n) is 14.2. The van der Waals surface area contributed by atoms with Crippen molar-refractivity contribution < 1.29 is 9.53 Å². The van der Waals surface area contributed by atoms with E-state index in [0.29, 0.717) is 24.7 Å². The molecule has 5 nitrogen and oxygen atoms in total. The van der Waals surface area contributed by atoms with E-state index in [2.05, 4.69) is 11.1 Å². The Balaban J connectivity index is 1.72. The molecule has 3 aromatic rings. The molecule has 0 spiro atoms. The van der Waals surface area contributed by atoms with Gasteiger partial charge in [0.2, 0.25) is 0 Å². The number of carbonyl (C=O) groups excluding carboxylic acids is 1. The fraction of sp³-hybridized carbons (Fsp3) is 0.250. The summed E-state index contributed by atoms with van der Waals surface area (Å²) in [5.41, 5.74) is 9.41. The van der Waals surface area contributed by atoms with Crippen LogP contribution >= 0.6 is 0 Å². The lowest BCUT2D eigenvalue weighted by Crippen LogP contribution is -2.30. The molecule has 1 atom stereocenters. The first-order valence-electron chi connectivity index (χ1n) is 8.49. The van der Waals surface area contributed by atoms with Crippen molar-refractivity contribution in [2.75, 3.05) is 25.1 Å². The van der Waals surface area contributed by atoms with Gasteiger partial charge in [-0.25, -0.2) is 0 Å². The van der Waals surface area contributed by atoms with E-state index in [0.717, 1.165) is 28.8 Å². The molecule has 128 valence electrons. The Labute approximate surface area is 146 Å². The van der Waals surface area contributed by atoms with Crippen LogP contribution in [0.2, 0.25) is 0 Å². The molecule has 0 aliphatic carbocycles. The lowest BCUT2D eigenvalue weighted by atomic mass is 9.98. The van der Waals surface area contributed by atoms with Crippen molar-refractivity contribution in [2.24, 2.45) is 5.73 Å². The molecular weight excluding hydrogens is 314 g/mol. The smallest absolute Gasteiger partial charge is 0.274 e. The minimum absolute atomic E-state index is 0.0229. The van der Waals surface area contributed by atoms with Gasteiger partial charge in [-0.15, -0.1) is 0 Å². The molecule has 25 heavy (non-hydrogen) atoms. The Morgan fingerprint density at radius 2 is 2.12 bits per heavy atom. The van der Waals surface area contributed by atoms with E-state index in [9.17, 15) is 4.79 Å². The second kappa shape index (κ2) is 6.26. The molecule has 5 heteroatoms. The molecule has 1 aliphatic heterocycles. The summed E-state index contributed by atoms with van der Waals surface area (Å²) in [4.78, 5) is 18.2. The molecule has 1 unspecified atom stereocenters. The first-order chi connectivity index (χ1) is 12.2. The van der Waals surface area contributed by atoms with E-state index < -0.39 is 0 Å². The Hall–Kier alpha value is -2.79. The number of fused-ring (bicyclic) bond motifs is 2. The van der Waals surface area contributed by atoms with Crippen molar-refractivity contribution in [1.29, 1.82) is 0 Å². The monoisotopic (exact) mass is 335 g/mol. The van der Waals surface area contributed by atoms with Gasteiger partial charge in [0.15, 0.2) is 0 Å². The second-order valence-corrected chi connectivity index (χ2v) is 6.35. The molecule has 1 amide bonds. The van der Waals surface area contributed by atoms with Gasteiger partial charge >= 0.3 is 0 Å². The highest BCUT2D eigenvalue weighted by Gasteiger charge is 2.32. The highest BCUT2D eigenvalue weighted by molar-refractivity contribution is 6.09. The zero-order valence-corrected chi connectivity index (χ0v) is 14.2. The molecule has 1 aromatic heterocycles. The summed E-state index contributed by atoms with van der Waals surface area (Å²) >= 11 is 0. The predicted octanol–water partition coefficient (Wildman–Crippen LogP) is 3.27. The summed E-state index contributed by atoms with van der Waals surface area (Å²) in [7, 11) is 1.64. The van der Waals surface area contributed by atoms with Crippen LogP contribution in [0.3, 0.4) is 0 Å². The van der Waals surface area contributed by atoms with Crippen LogP contribution in [0.5, 0.6) is 5.75 Å². The van der Waals surface area contributed by atoms with Gasteiger partial charge in [0.05, 0.1) is 7.11 Å². The number of nitrogens with two attached hydrogens (primary N) is 1. The van der Waals surface area contributed by atoms with Gasteiger partial charge < -0.3 is 20.4 Å². The molecule has 0 bridgehead atoms. The van der Waals surface area contributed by atoms with Crippen molar-refractivity contribution in [3.05, 3.63) is 59.8 Å². The van der Waals surface area contributed by atoms with Crippen molar-refractivity contribution >= 4 is 22.5 Å². The van der Waals surface area contributed by atoms with E-state index >= 15 is 0 Å². The summed E-state index contributed by atoms with van der Waals surface area (Å²) in [6.45, 7) is 1.28. The quantitative estimate of drug-likeness (QED) is 0.769. The lowest BCUT2D eigenvalue weighted by Gasteiger charge is -2.17. The highest BCUT2D eigenvalue weighted by atomic mass is 16.5. The molecule has 4 rings (SSSR count). The van der Waals surface area contributed by atoms with Crippen LogP contribution in [-0.2, 0) is 0 Å². The Morgan fingerprint density at radius 3 is 2.92 bits per heavy atom. The van der Waals surface area contributed by atoms with Gasteiger partial charge in [-0.05, 0) is 42.8 Å². The SMILES string of the molecule is COc1cccc2[nH]c(C(=O)N3CC(CCN)c4ccccc43)cc12. The van der Waals surface area contributed by atoms with Gasteiger partial charge in [0, 0.05) is 29.1 Å². The van der Waals surface area contributed by atoms with E-state index in [4.69, 9.17) is 10.5 Å². The number of hydrogen-bond acceptors (Lipinski definition) is 3. The molecule has 0 saturated carbocycles. The second-order valence-electron chi connectivity index (χ2n) is 6.35. The first kappa shape index (κ1) is 15.7. The van der Waals surface area contributed by atoms with E-state index in [1.54, 1.807) is 7.11 Å². The number of aromatic amines is 1. The predicted molar refractivity (Wildman–Crippen MR) is 99.4 cm³/mol. The Morgan fingerprint density at radius 1 is 1.28 bits per heavy atom. The topological polar surface area (TPSA) is 71.4 Å². The number of anilines is 1. The molecule has 3 N–H and O–H groups in total. The van der Waals surface area contributed by atoms with Crippen LogP contribution in [0.25, 0.3) is 10.9 Å². The lowest BCUT2D eigenvalue weighted by molar-refractivity contribution is 0.0984. The third kappa shape index (κ3) is 2.57. The summed E-state index contributed by atoms with van der Waals surface area (Å²) in [6, 6.07) is 15.7. The fourth-order valence-electron chi connectivity index (χ4n) is 3.70. The van der Waals surface area contributed by atoms with Crippen LogP contribution in [0, 0.1) is 0 Å². The van der Waals surface area contributed by atoms with E-state index in [1.165, 1.54) is 5.56 Å². The van der Waals surface area contributed by atoms with Crippen molar-refractivity contribution in [2.45, 2.75) is 12.3 Å². The van der Waals surface area contributed by atoms with Gasteiger partial charge in [0.25, 0.3) is 5.91 Å². The van der Waals surface area contributed by atoms with Crippen molar-refractivity contribution in [3.8, 4) is 5.75 Å². The number of rotatable bonds is 4. The fourth-order valence-corrected chi connectivity index (χ4v) is 3.70. The van der Waals surface area contributed by atoms with Crippen LogP contribution in [0.15, 0.2) is 48.5 Å². The maximum atomic E-state index is 13.2. The van der Waals surface area contributed by atoms with Crippen molar-refractivity contribution in [3.63, 3.8) is 0 Å². The average molecular weight is 335 g/mol. The van der Waals surface area contributed by atoms with Gasteiger partial charge in [-0.3, -0.25) is 4.79 Å². The van der Waals surface area contributed by atoms with Crippen molar-refractivity contribution in [1.82, 2.24) is 4.98 Å². The first-order valence-corrected chi connectivity index (χ1v) is 8.49. The molecule has 0 fully saturated rings. The molecule has 1 aliphatic rings. The summed E-state index contributed by atoms with van der Waals surface area (Å²) in [5, 5.41) is 0.916. The maximum Gasteiger partial charge on any atom is 0.274 e. The Bertz CT molecular complexity index is 932. The molecule has 0 saturated heterocycles. The molecular formula is C20H21N3O2. The number of carbonyl (C=O) groups is 1. The number of H-pyrrole nitrogens is 1. The summed E-state index contributed by atoms with van der Waals surface area (Å²) < 4.78 is 5.39. The number of aromatic nitrogens is 1. The van der Waals surface area contributed by atoms with Gasteiger partial charge in [-0.1, -0.05) is 24.3 Å². The zero-order chi connectivity index (χ0) is 17.4. The molecule has 2 heterocycles. The normalized spacial score (nSPS) is 16.2. The average Bonchev–Trinajstić information content (AvgIpc) is 3.23. The molecule has 2 aromatic carbocycles. The van der Waals surface area contributed by atoms with Gasteiger partial charge in [-0.2, -0.15) is 0 Å². The number of amides is 1. The standard InChI is InChI=1S/C20H21N3O2/c1-25-19-8-4-6-16-15(19)11-17(22-16)20(24)23-12-13(9-10-21)14-5-2-3-7-18(14)23/h2-8,11,13,22H,9-10,12,21H2,1H3. The summed E-state index contributed by atoms with van der Waals surface area (Å²) in [6.07, 6.45) is 0.876. The maximum absolute atomic E-state index is 13.2.